The summed E-state index contributed by atoms with van der Waals surface area (Å²) in [5.74, 6) is 3.68. The minimum Gasteiger partial charge on any atom is -0.129 e. The predicted molar refractivity (Wildman–Crippen MR) is 92.2 cm³/mol. The molecule has 0 nitrogen and oxygen atoms in total. The van der Waals surface area contributed by atoms with Gasteiger partial charge in [-0.25, -0.2) is 0 Å². The second kappa shape index (κ2) is 6.50. The summed E-state index contributed by atoms with van der Waals surface area (Å²) in [6.45, 7) is 6.37. The standard InChI is InChI=1S/C21H26.H2/c1-3-18(21-14-19-13-20(15-21)16(19)2)12-8-7-11-17-9-5-4-6-10-17;/h4-10,16,19-21H,1,11-15H2,2H3;1H/b8-7-;. The molecule has 2 unspecified atom stereocenters. The largest absolute Gasteiger partial charge is 0.129 e. The van der Waals surface area contributed by atoms with E-state index in [0.29, 0.717) is 0 Å². The lowest BCUT2D eigenvalue weighted by molar-refractivity contribution is 0.00287. The van der Waals surface area contributed by atoms with Gasteiger partial charge in [0.05, 0.1) is 0 Å². The monoisotopic (exact) mass is 280 g/mol. The van der Waals surface area contributed by atoms with Crippen LogP contribution in [0.15, 0.2) is 60.4 Å². The van der Waals surface area contributed by atoms with Gasteiger partial charge in [-0.1, -0.05) is 56.0 Å². The summed E-state index contributed by atoms with van der Waals surface area (Å²) < 4.78 is 0. The van der Waals surface area contributed by atoms with Crippen molar-refractivity contribution < 1.29 is 1.43 Å². The van der Waals surface area contributed by atoms with E-state index < -0.39 is 0 Å². The zero-order chi connectivity index (χ0) is 14.7. The lowest BCUT2D eigenvalue weighted by Gasteiger charge is -2.51. The number of rotatable bonds is 5. The maximum absolute atomic E-state index is 3.94. The van der Waals surface area contributed by atoms with Crippen LogP contribution >= 0.6 is 0 Å². The van der Waals surface area contributed by atoms with Crippen LogP contribution in [0.2, 0.25) is 0 Å². The molecule has 3 saturated carbocycles. The van der Waals surface area contributed by atoms with Crippen LogP contribution in [0.4, 0.5) is 0 Å². The third kappa shape index (κ3) is 3.22. The van der Waals surface area contributed by atoms with Gasteiger partial charge in [-0.3, -0.25) is 0 Å². The summed E-state index contributed by atoms with van der Waals surface area (Å²) in [5, 5.41) is 0. The molecule has 3 aliphatic rings. The van der Waals surface area contributed by atoms with Crippen LogP contribution in [0.5, 0.6) is 0 Å². The fourth-order valence-corrected chi connectivity index (χ4v) is 4.17. The van der Waals surface area contributed by atoms with Crippen LogP contribution in [0.3, 0.4) is 0 Å². The van der Waals surface area contributed by atoms with Crippen LogP contribution in [0.1, 0.15) is 39.6 Å². The molecule has 21 heavy (non-hydrogen) atoms. The smallest absolute Gasteiger partial charge is 0 e. The van der Waals surface area contributed by atoms with Crippen molar-refractivity contribution >= 4 is 0 Å². The Morgan fingerprint density at radius 3 is 2.52 bits per heavy atom. The Hall–Kier alpha value is -1.52. The Kier molecular flexibility index (Phi) is 4.46. The second-order valence-corrected chi connectivity index (χ2v) is 6.85. The molecule has 0 amide bonds. The number of hydrogen-bond donors (Lipinski definition) is 0. The summed E-state index contributed by atoms with van der Waals surface area (Å²) >= 11 is 0. The first-order valence-electron chi connectivity index (χ1n) is 8.35. The molecule has 0 N–H and O–H groups in total. The highest BCUT2D eigenvalue weighted by Gasteiger charge is 2.44. The second-order valence-electron chi connectivity index (χ2n) is 6.85. The van der Waals surface area contributed by atoms with E-state index in [2.05, 4.69) is 61.7 Å². The Labute approximate surface area is 130 Å². The highest BCUT2D eigenvalue weighted by atomic mass is 14.5. The zero-order valence-corrected chi connectivity index (χ0v) is 13.1. The average molecular weight is 280 g/mol. The SMILES string of the molecule is C=C=C(C/C=C\Cc1ccccc1)C1CC2CC(C1)C2C.[HH]. The molecule has 4 rings (SSSR count). The van der Waals surface area contributed by atoms with Gasteiger partial charge < -0.3 is 0 Å². The molecule has 3 aliphatic carbocycles. The fourth-order valence-electron chi connectivity index (χ4n) is 4.17. The van der Waals surface area contributed by atoms with Crippen LogP contribution < -0.4 is 0 Å². The Morgan fingerprint density at radius 2 is 1.90 bits per heavy atom. The highest BCUT2D eigenvalue weighted by molar-refractivity contribution is 5.19. The molecule has 1 aromatic carbocycles. The lowest BCUT2D eigenvalue weighted by Crippen LogP contribution is -2.42. The molecular weight excluding hydrogens is 252 g/mol. The van der Waals surface area contributed by atoms with Gasteiger partial charge in [-0.15, -0.1) is 5.73 Å². The zero-order valence-electron chi connectivity index (χ0n) is 13.1. The number of allylic oxidation sites excluding steroid dienone is 3. The molecule has 0 radical (unpaired) electrons. The van der Waals surface area contributed by atoms with E-state index in [1.165, 1.54) is 30.4 Å². The molecule has 2 atom stereocenters. The van der Waals surface area contributed by atoms with E-state index in [4.69, 9.17) is 0 Å². The molecule has 2 bridgehead atoms. The molecule has 0 spiro atoms. The van der Waals surface area contributed by atoms with Crippen LogP contribution in [0.25, 0.3) is 0 Å². The summed E-state index contributed by atoms with van der Waals surface area (Å²) in [4.78, 5) is 0. The van der Waals surface area contributed by atoms with Crippen LogP contribution in [-0.2, 0) is 6.42 Å². The molecule has 0 heteroatoms. The first-order chi connectivity index (χ1) is 10.3. The third-order valence-corrected chi connectivity index (χ3v) is 5.69. The summed E-state index contributed by atoms with van der Waals surface area (Å²) in [7, 11) is 0. The van der Waals surface area contributed by atoms with Gasteiger partial charge in [0.1, 0.15) is 0 Å². The molecule has 0 aromatic heterocycles. The van der Waals surface area contributed by atoms with Crippen molar-refractivity contribution in [2.75, 3.05) is 0 Å². The Bertz CT molecular complexity index is 539. The normalized spacial score (nSPS) is 30.7. The van der Waals surface area contributed by atoms with Crippen molar-refractivity contribution in [1.29, 1.82) is 0 Å². The van der Waals surface area contributed by atoms with E-state index in [-0.39, 0.29) is 1.43 Å². The van der Waals surface area contributed by atoms with Crippen molar-refractivity contribution in [3.63, 3.8) is 0 Å². The summed E-state index contributed by atoms with van der Waals surface area (Å²) in [6.07, 6.45) is 10.9. The van der Waals surface area contributed by atoms with Crippen molar-refractivity contribution in [3.05, 3.63) is 65.9 Å². The van der Waals surface area contributed by atoms with Gasteiger partial charge in [-0.05, 0) is 66.9 Å². The van der Waals surface area contributed by atoms with E-state index in [9.17, 15) is 0 Å². The maximum Gasteiger partial charge on any atom is 0 e. The predicted octanol–water partition coefficient (Wildman–Crippen LogP) is 5.81. The third-order valence-electron chi connectivity index (χ3n) is 5.69. The van der Waals surface area contributed by atoms with Crippen molar-refractivity contribution in [2.24, 2.45) is 23.7 Å². The average Bonchev–Trinajstić information content (AvgIpc) is 2.55. The topological polar surface area (TPSA) is 0 Å². The number of hydrogen-bond acceptors (Lipinski definition) is 0. The van der Waals surface area contributed by atoms with Gasteiger partial charge in [0, 0.05) is 1.43 Å². The van der Waals surface area contributed by atoms with Crippen LogP contribution in [0, 0.1) is 23.7 Å². The van der Waals surface area contributed by atoms with Gasteiger partial charge in [-0.2, -0.15) is 0 Å². The number of benzene rings is 1. The molecular formula is C21H28. The van der Waals surface area contributed by atoms with E-state index in [1.807, 2.05) is 0 Å². The minimum atomic E-state index is 0. The molecule has 1 aromatic rings. The minimum absolute atomic E-state index is 0. The maximum atomic E-state index is 3.94. The Morgan fingerprint density at radius 1 is 1.19 bits per heavy atom. The van der Waals surface area contributed by atoms with E-state index in [0.717, 1.165) is 36.5 Å². The van der Waals surface area contributed by atoms with Crippen LogP contribution in [-0.4, -0.2) is 0 Å². The Balaban J connectivity index is 0.00000176. The van der Waals surface area contributed by atoms with Gasteiger partial charge >= 0.3 is 0 Å². The molecule has 0 heterocycles. The van der Waals surface area contributed by atoms with Gasteiger partial charge in [0.15, 0.2) is 0 Å². The fraction of sp³-hybridized carbons (Fsp3) is 0.476. The molecule has 0 saturated heterocycles. The summed E-state index contributed by atoms with van der Waals surface area (Å²) in [6, 6.07) is 10.7. The first-order valence-corrected chi connectivity index (χ1v) is 8.35. The van der Waals surface area contributed by atoms with Crippen molar-refractivity contribution in [3.8, 4) is 0 Å². The molecule has 3 fully saturated rings. The highest BCUT2D eigenvalue weighted by Crippen LogP contribution is 2.54. The quantitative estimate of drug-likeness (QED) is 0.471. The van der Waals surface area contributed by atoms with E-state index in [1.54, 1.807) is 0 Å². The van der Waals surface area contributed by atoms with Gasteiger partial charge in [0.2, 0.25) is 0 Å². The number of fused-ring (bicyclic) bond motifs is 2. The van der Waals surface area contributed by atoms with E-state index >= 15 is 0 Å². The first kappa shape index (κ1) is 14.4. The van der Waals surface area contributed by atoms with Gasteiger partial charge in [0.25, 0.3) is 0 Å². The molecule has 112 valence electrons. The lowest BCUT2D eigenvalue weighted by atomic mass is 9.54. The molecule has 0 aliphatic heterocycles. The van der Waals surface area contributed by atoms with Crippen molar-refractivity contribution in [2.45, 2.75) is 39.0 Å². The van der Waals surface area contributed by atoms with Crippen molar-refractivity contribution in [1.82, 2.24) is 0 Å². The summed E-state index contributed by atoms with van der Waals surface area (Å²) in [5.41, 5.74) is 6.07.